The predicted octanol–water partition coefficient (Wildman–Crippen LogP) is 3.16. The van der Waals surface area contributed by atoms with Crippen LogP contribution in [0.15, 0.2) is 17.5 Å². The van der Waals surface area contributed by atoms with Crippen molar-refractivity contribution in [3.8, 4) is 0 Å². The molecule has 0 aliphatic rings. The van der Waals surface area contributed by atoms with Gasteiger partial charge < -0.3 is 4.90 Å². The monoisotopic (exact) mass is 259 g/mol. The number of aryl methyl sites for hydroxylation is 1. The molecule has 0 fully saturated rings. The molecule has 1 amide bonds. The highest BCUT2D eigenvalue weighted by Crippen LogP contribution is 2.12. The average molecular weight is 260 g/mol. The highest BCUT2D eigenvalue weighted by Gasteiger charge is 2.10. The minimum Gasteiger partial charge on any atom is -0.342 e. The fourth-order valence-electron chi connectivity index (χ4n) is 1.59. The number of amides is 1. The van der Waals surface area contributed by atoms with Gasteiger partial charge in [0.1, 0.15) is 0 Å². The summed E-state index contributed by atoms with van der Waals surface area (Å²) in [7, 11) is 0. The van der Waals surface area contributed by atoms with Crippen molar-refractivity contribution >= 4 is 28.8 Å². The fraction of sp³-hybridized carbons (Fsp3) is 0.583. The quantitative estimate of drug-likeness (QED) is 0.689. The summed E-state index contributed by atoms with van der Waals surface area (Å²) in [6, 6.07) is 4.17. The first kappa shape index (κ1) is 13.5. The van der Waals surface area contributed by atoms with Crippen molar-refractivity contribution in [3.05, 3.63) is 22.4 Å². The molecular formula is C12H18ClNOS. The Kier molecular flexibility index (Phi) is 6.50. The zero-order chi connectivity index (χ0) is 11.8. The van der Waals surface area contributed by atoms with Gasteiger partial charge in [-0.25, -0.2) is 0 Å². The van der Waals surface area contributed by atoms with E-state index in [4.69, 9.17) is 11.6 Å². The normalized spacial score (nSPS) is 10.4. The van der Waals surface area contributed by atoms with Crippen LogP contribution in [0, 0.1) is 0 Å². The molecule has 0 saturated heterocycles. The Morgan fingerprint density at radius 3 is 2.94 bits per heavy atom. The van der Waals surface area contributed by atoms with Crippen LogP contribution in [0.1, 0.15) is 24.6 Å². The smallest absolute Gasteiger partial charge is 0.222 e. The summed E-state index contributed by atoms with van der Waals surface area (Å²) < 4.78 is 0. The Bertz CT molecular complexity index is 300. The van der Waals surface area contributed by atoms with Gasteiger partial charge in [-0.05, 0) is 31.2 Å². The van der Waals surface area contributed by atoms with E-state index >= 15 is 0 Å². The van der Waals surface area contributed by atoms with Gasteiger partial charge in [0.15, 0.2) is 0 Å². The molecule has 0 N–H and O–H groups in total. The number of rotatable bonds is 7. The topological polar surface area (TPSA) is 20.3 Å². The molecule has 2 nitrogen and oxygen atoms in total. The molecule has 1 rings (SSSR count). The fourth-order valence-corrected chi connectivity index (χ4v) is 2.54. The van der Waals surface area contributed by atoms with Crippen LogP contribution in [0.25, 0.3) is 0 Å². The highest BCUT2D eigenvalue weighted by molar-refractivity contribution is 7.09. The molecule has 0 bridgehead atoms. The highest BCUT2D eigenvalue weighted by atomic mass is 35.5. The van der Waals surface area contributed by atoms with Gasteiger partial charge >= 0.3 is 0 Å². The van der Waals surface area contributed by atoms with E-state index in [9.17, 15) is 4.79 Å². The molecule has 1 heterocycles. The van der Waals surface area contributed by atoms with Gasteiger partial charge in [-0.1, -0.05) is 6.07 Å². The van der Waals surface area contributed by atoms with Crippen molar-refractivity contribution in [1.82, 2.24) is 4.90 Å². The standard InChI is InChI=1S/C12H18ClNOS/c1-2-14(9-8-13)12(15)7-3-5-11-6-4-10-16-11/h4,6,10H,2-3,5,7-9H2,1H3. The van der Waals surface area contributed by atoms with Crippen molar-refractivity contribution in [2.45, 2.75) is 26.2 Å². The first-order valence-corrected chi connectivity index (χ1v) is 7.05. The summed E-state index contributed by atoms with van der Waals surface area (Å²) in [6.45, 7) is 3.41. The second-order valence-corrected chi connectivity index (χ2v) is 5.01. The van der Waals surface area contributed by atoms with Crippen molar-refractivity contribution in [2.75, 3.05) is 19.0 Å². The molecule has 0 saturated carbocycles. The molecule has 0 aromatic carbocycles. The molecule has 0 aliphatic heterocycles. The number of hydrogen-bond acceptors (Lipinski definition) is 2. The van der Waals surface area contributed by atoms with E-state index in [1.165, 1.54) is 4.88 Å². The predicted molar refractivity (Wildman–Crippen MR) is 70.2 cm³/mol. The number of nitrogens with zero attached hydrogens (tertiary/aromatic N) is 1. The molecule has 16 heavy (non-hydrogen) atoms. The third kappa shape index (κ3) is 4.54. The Morgan fingerprint density at radius 1 is 1.56 bits per heavy atom. The van der Waals surface area contributed by atoms with Crippen LogP contribution in [0.4, 0.5) is 0 Å². The average Bonchev–Trinajstić information content (AvgIpc) is 2.78. The summed E-state index contributed by atoms with van der Waals surface area (Å²) >= 11 is 7.40. The molecular weight excluding hydrogens is 242 g/mol. The number of thiophene rings is 1. The lowest BCUT2D eigenvalue weighted by molar-refractivity contribution is -0.130. The van der Waals surface area contributed by atoms with Gasteiger partial charge in [0.05, 0.1) is 0 Å². The van der Waals surface area contributed by atoms with E-state index < -0.39 is 0 Å². The van der Waals surface area contributed by atoms with E-state index in [0.29, 0.717) is 18.8 Å². The Labute approximate surface area is 106 Å². The zero-order valence-corrected chi connectivity index (χ0v) is 11.2. The van der Waals surface area contributed by atoms with Crippen LogP contribution < -0.4 is 0 Å². The van der Waals surface area contributed by atoms with Gasteiger partial charge in [-0.3, -0.25) is 4.79 Å². The number of alkyl halides is 1. The van der Waals surface area contributed by atoms with Gasteiger partial charge in [0.25, 0.3) is 0 Å². The summed E-state index contributed by atoms with van der Waals surface area (Å²) in [4.78, 5) is 14.9. The second-order valence-electron chi connectivity index (χ2n) is 3.60. The third-order valence-electron chi connectivity index (χ3n) is 2.48. The van der Waals surface area contributed by atoms with Crippen LogP contribution in [-0.2, 0) is 11.2 Å². The van der Waals surface area contributed by atoms with E-state index in [0.717, 1.165) is 19.4 Å². The lowest BCUT2D eigenvalue weighted by atomic mass is 10.2. The second kappa shape index (κ2) is 7.69. The van der Waals surface area contributed by atoms with E-state index in [1.54, 1.807) is 11.3 Å². The van der Waals surface area contributed by atoms with Crippen molar-refractivity contribution in [1.29, 1.82) is 0 Å². The molecule has 90 valence electrons. The summed E-state index contributed by atoms with van der Waals surface area (Å²) in [5.74, 6) is 0.740. The molecule has 0 radical (unpaired) electrons. The number of carbonyl (C=O) groups excluding carboxylic acids is 1. The molecule has 0 unspecified atom stereocenters. The van der Waals surface area contributed by atoms with Crippen molar-refractivity contribution < 1.29 is 4.79 Å². The zero-order valence-electron chi connectivity index (χ0n) is 9.62. The van der Waals surface area contributed by atoms with Crippen LogP contribution in [-0.4, -0.2) is 29.8 Å². The SMILES string of the molecule is CCN(CCCl)C(=O)CCCc1cccs1. The van der Waals surface area contributed by atoms with Crippen LogP contribution in [0.3, 0.4) is 0 Å². The Balaban J connectivity index is 2.23. The maximum absolute atomic E-state index is 11.8. The van der Waals surface area contributed by atoms with Crippen molar-refractivity contribution in [2.24, 2.45) is 0 Å². The maximum atomic E-state index is 11.8. The third-order valence-corrected chi connectivity index (χ3v) is 3.59. The first-order chi connectivity index (χ1) is 7.77. The molecule has 4 heteroatoms. The lowest BCUT2D eigenvalue weighted by Crippen LogP contribution is -2.32. The first-order valence-electron chi connectivity index (χ1n) is 5.64. The van der Waals surface area contributed by atoms with E-state index in [-0.39, 0.29) is 5.91 Å². The molecule has 0 atom stereocenters. The number of carbonyl (C=O) groups is 1. The minimum atomic E-state index is 0.222. The van der Waals surface area contributed by atoms with Crippen LogP contribution in [0.5, 0.6) is 0 Å². The summed E-state index contributed by atoms with van der Waals surface area (Å²) in [5.41, 5.74) is 0. The van der Waals surface area contributed by atoms with Gasteiger partial charge in [0.2, 0.25) is 5.91 Å². The number of halogens is 1. The largest absolute Gasteiger partial charge is 0.342 e. The summed E-state index contributed by atoms with van der Waals surface area (Å²) in [6.07, 6.45) is 2.56. The summed E-state index contributed by atoms with van der Waals surface area (Å²) in [5, 5.41) is 2.07. The molecule has 0 spiro atoms. The maximum Gasteiger partial charge on any atom is 0.222 e. The van der Waals surface area contributed by atoms with Gasteiger partial charge in [0, 0.05) is 30.3 Å². The van der Waals surface area contributed by atoms with E-state index in [2.05, 4.69) is 11.4 Å². The Hall–Kier alpha value is -0.540. The van der Waals surface area contributed by atoms with Gasteiger partial charge in [-0.15, -0.1) is 22.9 Å². The lowest BCUT2D eigenvalue weighted by Gasteiger charge is -2.19. The van der Waals surface area contributed by atoms with Crippen LogP contribution in [0.2, 0.25) is 0 Å². The van der Waals surface area contributed by atoms with Crippen LogP contribution >= 0.6 is 22.9 Å². The minimum absolute atomic E-state index is 0.222. The molecule has 0 aliphatic carbocycles. The molecule has 1 aromatic heterocycles. The van der Waals surface area contributed by atoms with E-state index in [1.807, 2.05) is 17.9 Å². The number of hydrogen-bond donors (Lipinski definition) is 0. The Morgan fingerprint density at radius 2 is 2.38 bits per heavy atom. The van der Waals surface area contributed by atoms with Crippen molar-refractivity contribution in [3.63, 3.8) is 0 Å². The van der Waals surface area contributed by atoms with Gasteiger partial charge in [-0.2, -0.15) is 0 Å². The molecule has 1 aromatic rings.